The average Bonchev–Trinajstić information content (AvgIpc) is 3.07. The van der Waals surface area contributed by atoms with Crippen molar-refractivity contribution in [2.45, 2.75) is 6.54 Å². The standard InChI is InChI=1S/C18H14ClFN4O/c19-15-7-5-13(6-8-15)12-24-10-9-17(23-24)18(25)22-21-11-14-3-1-2-4-16(14)20/h1-11H,12H2,(H,22,25)/b21-11+. The summed E-state index contributed by atoms with van der Waals surface area (Å²) in [5.74, 6) is -0.879. The first-order valence-electron chi connectivity index (χ1n) is 7.47. The second kappa shape index (κ2) is 7.72. The number of hydrogen-bond donors (Lipinski definition) is 1. The van der Waals surface area contributed by atoms with Crippen LogP contribution < -0.4 is 5.43 Å². The van der Waals surface area contributed by atoms with Crippen LogP contribution in [-0.2, 0) is 6.54 Å². The summed E-state index contributed by atoms with van der Waals surface area (Å²) < 4.78 is 15.1. The van der Waals surface area contributed by atoms with E-state index in [1.165, 1.54) is 12.3 Å². The van der Waals surface area contributed by atoms with E-state index in [0.29, 0.717) is 11.6 Å². The molecule has 0 aliphatic carbocycles. The predicted molar refractivity (Wildman–Crippen MR) is 94.2 cm³/mol. The van der Waals surface area contributed by atoms with Crippen molar-refractivity contribution in [3.63, 3.8) is 0 Å². The quantitative estimate of drug-likeness (QED) is 0.562. The van der Waals surface area contributed by atoms with Crippen LogP contribution in [0.15, 0.2) is 65.9 Å². The van der Waals surface area contributed by atoms with Crippen LogP contribution >= 0.6 is 11.6 Å². The maximum absolute atomic E-state index is 13.4. The second-order valence-corrected chi connectivity index (χ2v) is 5.68. The van der Waals surface area contributed by atoms with E-state index in [-0.39, 0.29) is 11.3 Å². The number of carbonyl (C=O) groups excluding carboxylic acids is 1. The van der Waals surface area contributed by atoms with Gasteiger partial charge in [-0.3, -0.25) is 9.48 Å². The zero-order chi connectivity index (χ0) is 17.6. The Kier molecular flexibility index (Phi) is 5.20. The van der Waals surface area contributed by atoms with E-state index in [2.05, 4.69) is 15.6 Å². The minimum absolute atomic E-state index is 0.222. The highest BCUT2D eigenvalue weighted by Crippen LogP contribution is 2.10. The van der Waals surface area contributed by atoms with Gasteiger partial charge in [-0.2, -0.15) is 10.2 Å². The molecule has 1 amide bonds. The first kappa shape index (κ1) is 16.9. The van der Waals surface area contributed by atoms with Gasteiger partial charge in [-0.25, -0.2) is 9.82 Å². The molecule has 0 aliphatic heterocycles. The molecule has 2 aromatic carbocycles. The molecule has 0 unspecified atom stereocenters. The lowest BCUT2D eigenvalue weighted by Gasteiger charge is -2.02. The van der Waals surface area contributed by atoms with Crippen molar-refractivity contribution in [1.29, 1.82) is 0 Å². The van der Waals surface area contributed by atoms with E-state index < -0.39 is 11.7 Å². The zero-order valence-electron chi connectivity index (χ0n) is 13.1. The van der Waals surface area contributed by atoms with Crippen molar-refractivity contribution in [2.24, 2.45) is 5.10 Å². The van der Waals surface area contributed by atoms with Gasteiger partial charge in [0, 0.05) is 16.8 Å². The van der Waals surface area contributed by atoms with Crippen LogP contribution in [0.3, 0.4) is 0 Å². The highest BCUT2D eigenvalue weighted by atomic mass is 35.5. The first-order chi connectivity index (χ1) is 12.1. The smallest absolute Gasteiger partial charge is 0.268 e. The van der Waals surface area contributed by atoms with Crippen molar-refractivity contribution in [3.05, 3.63) is 88.5 Å². The van der Waals surface area contributed by atoms with E-state index in [4.69, 9.17) is 11.6 Å². The number of halogens is 2. The van der Waals surface area contributed by atoms with E-state index in [1.54, 1.807) is 47.3 Å². The number of carbonyl (C=O) groups is 1. The molecule has 0 fully saturated rings. The summed E-state index contributed by atoms with van der Waals surface area (Å²) in [5.41, 5.74) is 3.85. The van der Waals surface area contributed by atoms with Crippen molar-refractivity contribution in [3.8, 4) is 0 Å². The molecular formula is C18H14ClFN4O. The molecule has 3 aromatic rings. The molecule has 1 N–H and O–H groups in total. The minimum atomic E-state index is -0.470. The summed E-state index contributed by atoms with van der Waals surface area (Å²) in [7, 11) is 0. The fraction of sp³-hybridized carbons (Fsp3) is 0.0556. The van der Waals surface area contributed by atoms with Gasteiger partial charge in [0.25, 0.3) is 5.91 Å². The van der Waals surface area contributed by atoms with Gasteiger partial charge < -0.3 is 0 Å². The van der Waals surface area contributed by atoms with Gasteiger partial charge in [0.2, 0.25) is 0 Å². The summed E-state index contributed by atoms with van der Waals surface area (Å²) in [4.78, 5) is 12.0. The summed E-state index contributed by atoms with van der Waals surface area (Å²) in [6, 6.07) is 15.1. The molecule has 5 nitrogen and oxygen atoms in total. The molecule has 0 bridgehead atoms. The molecule has 0 spiro atoms. The molecule has 1 aromatic heterocycles. The van der Waals surface area contributed by atoms with Gasteiger partial charge in [0.05, 0.1) is 12.8 Å². The molecule has 0 aliphatic rings. The number of nitrogens with one attached hydrogen (secondary N) is 1. The van der Waals surface area contributed by atoms with Gasteiger partial charge in [-0.1, -0.05) is 41.9 Å². The lowest BCUT2D eigenvalue weighted by molar-refractivity contribution is 0.0949. The number of nitrogens with zero attached hydrogens (tertiary/aromatic N) is 3. The van der Waals surface area contributed by atoms with Crippen LogP contribution in [0.5, 0.6) is 0 Å². The number of amides is 1. The Bertz CT molecular complexity index is 905. The molecular weight excluding hydrogens is 343 g/mol. The summed E-state index contributed by atoms with van der Waals surface area (Å²) in [5, 5.41) is 8.61. The Labute approximate surface area is 148 Å². The topological polar surface area (TPSA) is 59.3 Å². The third kappa shape index (κ3) is 4.51. The molecule has 0 saturated carbocycles. The van der Waals surface area contributed by atoms with Gasteiger partial charge >= 0.3 is 0 Å². The Hall–Kier alpha value is -2.99. The SMILES string of the molecule is O=C(N/N=C/c1ccccc1F)c1ccn(Cc2ccc(Cl)cc2)n1. The van der Waals surface area contributed by atoms with Crippen LogP contribution in [-0.4, -0.2) is 21.9 Å². The third-order valence-corrected chi connectivity index (χ3v) is 3.66. The largest absolute Gasteiger partial charge is 0.291 e. The van der Waals surface area contributed by atoms with Crippen molar-refractivity contribution < 1.29 is 9.18 Å². The lowest BCUT2D eigenvalue weighted by atomic mass is 10.2. The van der Waals surface area contributed by atoms with Crippen LogP contribution in [0.2, 0.25) is 5.02 Å². The van der Waals surface area contributed by atoms with Crippen LogP contribution in [0.25, 0.3) is 0 Å². The minimum Gasteiger partial charge on any atom is -0.268 e. The number of benzene rings is 2. The van der Waals surface area contributed by atoms with Crippen molar-refractivity contribution in [1.82, 2.24) is 15.2 Å². The van der Waals surface area contributed by atoms with E-state index in [0.717, 1.165) is 5.56 Å². The highest BCUT2D eigenvalue weighted by Gasteiger charge is 2.08. The average molecular weight is 357 g/mol. The Morgan fingerprint density at radius 1 is 1.20 bits per heavy atom. The molecule has 7 heteroatoms. The monoisotopic (exact) mass is 356 g/mol. The normalized spacial score (nSPS) is 11.0. The van der Waals surface area contributed by atoms with E-state index in [9.17, 15) is 9.18 Å². The maximum Gasteiger partial charge on any atom is 0.291 e. The van der Waals surface area contributed by atoms with Gasteiger partial charge in [0.15, 0.2) is 5.69 Å². The van der Waals surface area contributed by atoms with Crippen LogP contribution in [0, 0.1) is 5.82 Å². The molecule has 0 radical (unpaired) electrons. The van der Waals surface area contributed by atoms with E-state index >= 15 is 0 Å². The summed E-state index contributed by atoms with van der Waals surface area (Å²) in [6.07, 6.45) is 2.95. The van der Waals surface area contributed by atoms with Gasteiger partial charge in [-0.15, -0.1) is 0 Å². The Morgan fingerprint density at radius 2 is 1.96 bits per heavy atom. The maximum atomic E-state index is 13.4. The summed E-state index contributed by atoms with van der Waals surface area (Å²) >= 11 is 5.85. The summed E-state index contributed by atoms with van der Waals surface area (Å²) in [6.45, 7) is 0.517. The molecule has 25 heavy (non-hydrogen) atoms. The van der Waals surface area contributed by atoms with Crippen LogP contribution in [0.4, 0.5) is 4.39 Å². The molecule has 0 atom stereocenters. The first-order valence-corrected chi connectivity index (χ1v) is 7.85. The predicted octanol–water partition coefficient (Wildman–Crippen LogP) is 3.49. The second-order valence-electron chi connectivity index (χ2n) is 5.25. The Balaban J connectivity index is 1.60. The zero-order valence-corrected chi connectivity index (χ0v) is 13.8. The fourth-order valence-corrected chi connectivity index (χ4v) is 2.27. The van der Waals surface area contributed by atoms with Crippen LogP contribution in [0.1, 0.15) is 21.6 Å². The molecule has 1 heterocycles. The lowest BCUT2D eigenvalue weighted by Crippen LogP contribution is -2.18. The highest BCUT2D eigenvalue weighted by molar-refractivity contribution is 6.30. The fourth-order valence-electron chi connectivity index (χ4n) is 2.15. The Morgan fingerprint density at radius 3 is 2.72 bits per heavy atom. The third-order valence-electron chi connectivity index (χ3n) is 3.41. The number of hydrazone groups is 1. The molecule has 0 saturated heterocycles. The molecule has 126 valence electrons. The number of hydrogen-bond acceptors (Lipinski definition) is 3. The number of aromatic nitrogens is 2. The molecule has 3 rings (SSSR count). The number of rotatable bonds is 5. The van der Waals surface area contributed by atoms with Crippen molar-refractivity contribution in [2.75, 3.05) is 0 Å². The van der Waals surface area contributed by atoms with Crippen molar-refractivity contribution >= 4 is 23.7 Å². The van der Waals surface area contributed by atoms with Gasteiger partial charge in [-0.05, 0) is 29.8 Å². The van der Waals surface area contributed by atoms with E-state index in [1.807, 2.05) is 12.1 Å². The van der Waals surface area contributed by atoms with Gasteiger partial charge in [0.1, 0.15) is 5.82 Å².